The normalized spacial score (nSPS) is 48.6. The van der Waals surface area contributed by atoms with Gasteiger partial charge in [-0.25, -0.2) is 0 Å². The summed E-state index contributed by atoms with van der Waals surface area (Å²) in [6.07, 6.45) is 12.6. The van der Waals surface area contributed by atoms with Gasteiger partial charge >= 0.3 is 0 Å². The second-order valence-electron chi connectivity index (χ2n) is 12.8. The number of rotatable bonds is 4. The minimum absolute atomic E-state index is 0.284. The highest BCUT2D eigenvalue weighted by atomic mass is 16.5. The zero-order valence-electron chi connectivity index (χ0n) is 19.5. The summed E-state index contributed by atoms with van der Waals surface area (Å²) in [6.45, 7) is 14.9. The van der Waals surface area contributed by atoms with E-state index in [1.165, 1.54) is 57.8 Å². The van der Waals surface area contributed by atoms with Crippen molar-refractivity contribution in [3.05, 3.63) is 0 Å². The summed E-state index contributed by atoms with van der Waals surface area (Å²) in [5.41, 5.74) is 1.49. The number of fused-ring (bicyclic) bond motifs is 5. The summed E-state index contributed by atoms with van der Waals surface area (Å²) >= 11 is 0. The number of aliphatic hydroxyl groups is 1. The molecule has 1 N–H and O–H groups in total. The van der Waals surface area contributed by atoms with Gasteiger partial charge in [-0.2, -0.15) is 0 Å². The lowest BCUT2D eigenvalue weighted by Gasteiger charge is -2.62. The van der Waals surface area contributed by atoms with Gasteiger partial charge in [-0.1, -0.05) is 41.5 Å². The van der Waals surface area contributed by atoms with Crippen molar-refractivity contribution in [1.29, 1.82) is 0 Å². The van der Waals surface area contributed by atoms with E-state index in [1.54, 1.807) is 0 Å². The Morgan fingerprint density at radius 2 is 1.57 bits per heavy atom. The van der Waals surface area contributed by atoms with E-state index in [9.17, 15) is 5.11 Å². The maximum Gasteiger partial charge on any atom is 0.0796 e. The molecule has 0 aliphatic heterocycles. The number of hydrogen-bond acceptors (Lipinski definition) is 2. The minimum atomic E-state index is -0.320. The Kier molecular flexibility index (Phi) is 5.49. The molecule has 2 heteroatoms. The van der Waals surface area contributed by atoms with Gasteiger partial charge in [-0.15, -0.1) is 0 Å². The van der Waals surface area contributed by atoms with Crippen LogP contribution in [0.3, 0.4) is 0 Å². The predicted octanol–water partition coefficient (Wildman–Crippen LogP) is 6.46. The molecule has 4 saturated carbocycles. The van der Waals surface area contributed by atoms with E-state index < -0.39 is 0 Å². The maximum atomic E-state index is 10.2. The Balaban J connectivity index is 1.48. The third kappa shape index (κ3) is 3.39. The first-order valence-electron chi connectivity index (χ1n) is 12.4. The van der Waals surface area contributed by atoms with Gasteiger partial charge in [0.2, 0.25) is 0 Å². The van der Waals surface area contributed by atoms with Crippen molar-refractivity contribution < 1.29 is 9.84 Å². The molecule has 4 fully saturated rings. The molecule has 0 radical (unpaired) electrons. The van der Waals surface area contributed by atoms with E-state index in [-0.39, 0.29) is 12.0 Å². The molecule has 0 aromatic carbocycles. The molecule has 0 heterocycles. The SMILES string of the molecule is CC(C)C(O)CO[C@H]1CCC2C3CC[C@H]4CC(C)(C)CC[C@]4(C)C3CC[C@@]21C. The number of ether oxygens (including phenoxy) is 1. The molecule has 4 aliphatic carbocycles. The lowest BCUT2D eigenvalue weighted by atomic mass is 9.43. The largest absolute Gasteiger partial charge is 0.390 e. The summed E-state index contributed by atoms with van der Waals surface area (Å²) in [5, 5.41) is 10.2. The third-order valence-corrected chi connectivity index (χ3v) is 10.4. The van der Waals surface area contributed by atoms with E-state index in [0.717, 1.165) is 23.7 Å². The van der Waals surface area contributed by atoms with E-state index in [4.69, 9.17) is 4.74 Å². The highest BCUT2D eigenvalue weighted by molar-refractivity contribution is 5.10. The van der Waals surface area contributed by atoms with Gasteiger partial charge < -0.3 is 9.84 Å². The molecule has 162 valence electrons. The lowest BCUT2D eigenvalue weighted by Crippen LogP contribution is -2.55. The monoisotopic (exact) mass is 390 g/mol. The molecule has 2 nitrogen and oxygen atoms in total. The summed E-state index contributed by atoms with van der Waals surface area (Å²) in [6, 6.07) is 0. The standard InChI is InChI=1S/C26H46O2/c1-17(2)22(27)16-28-23-10-9-20-19-8-7-18-15-24(3,4)13-14-25(18,5)21(19)11-12-26(20,23)6/h17-23,27H,7-16H2,1-6H3/t18-,19?,20?,21?,22?,23-,25-,26-/m0/s1. The molecule has 8 atom stereocenters. The molecule has 0 aromatic rings. The molecule has 0 spiro atoms. The van der Waals surface area contributed by atoms with Gasteiger partial charge in [0, 0.05) is 0 Å². The quantitative estimate of drug-likeness (QED) is 0.597. The highest BCUT2D eigenvalue weighted by Crippen LogP contribution is 2.67. The average molecular weight is 391 g/mol. The van der Waals surface area contributed by atoms with E-state index in [0.29, 0.717) is 29.0 Å². The second-order valence-corrected chi connectivity index (χ2v) is 12.8. The fraction of sp³-hybridized carbons (Fsp3) is 1.00. The first-order valence-corrected chi connectivity index (χ1v) is 12.4. The van der Waals surface area contributed by atoms with Crippen LogP contribution in [0.25, 0.3) is 0 Å². The van der Waals surface area contributed by atoms with Crippen LogP contribution in [0.1, 0.15) is 99.3 Å². The molecular weight excluding hydrogens is 344 g/mol. The summed E-state index contributed by atoms with van der Waals surface area (Å²) in [5.74, 6) is 3.95. The Labute approximate surface area is 174 Å². The Morgan fingerprint density at radius 1 is 0.857 bits per heavy atom. The van der Waals surface area contributed by atoms with Gasteiger partial charge in [0.25, 0.3) is 0 Å². The zero-order valence-corrected chi connectivity index (χ0v) is 19.5. The molecule has 0 bridgehead atoms. The first-order chi connectivity index (χ1) is 13.1. The van der Waals surface area contributed by atoms with Crippen molar-refractivity contribution in [2.45, 2.75) is 112 Å². The second kappa shape index (κ2) is 7.26. The van der Waals surface area contributed by atoms with Crippen molar-refractivity contribution in [1.82, 2.24) is 0 Å². The molecule has 28 heavy (non-hydrogen) atoms. The van der Waals surface area contributed by atoms with Crippen LogP contribution in [0, 0.1) is 45.8 Å². The smallest absolute Gasteiger partial charge is 0.0796 e. The number of aliphatic hydroxyl groups excluding tert-OH is 1. The van der Waals surface area contributed by atoms with Crippen molar-refractivity contribution in [2.24, 2.45) is 45.8 Å². The molecule has 4 rings (SSSR count). The third-order valence-electron chi connectivity index (χ3n) is 10.4. The van der Waals surface area contributed by atoms with Gasteiger partial charge in [0.05, 0.1) is 18.8 Å². The Hall–Kier alpha value is -0.0800. The molecule has 0 saturated heterocycles. The van der Waals surface area contributed by atoms with Gasteiger partial charge in [0.15, 0.2) is 0 Å². The van der Waals surface area contributed by atoms with Crippen LogP contribution in [0.15, 0.2) is 0 Å². The van der Waals surface area contributed by atoms with Crippen molar-refractivity contribution in [3.8, 4) is 0 Å². The highest BCUT2D eigenvalue weighted by Gasteiger charge is 2.60. The summed E-state index contributed by atoms with van der Waals surface area (Å²) in [4.78, 5) is 0. The lowest BCUT2D eigenvalue weighted by molar-refractivity contribution is -0.146. The minimum Gasteiger partial charge on any atom is -0.390 e. The topological polar surface area (TPSA) is 29.5 Å². The average Bonchev–Trinajstić information content (AvgIpc) is 2.96. The Bertz CT molecular complexity index is 569. The van der Waals surface area contributed by atoms with Crippen LogP contribution in [-0.2, 0) is 4.74 Å². The van der Waals surface area contributed by atoms with Gasteiger partial charge in [-0.05, 0) is 104 Å². The molecule has 4 unspecified atom stereocenters. The maximum absolute atomic E-state index is 10.2. The van der Waals surface area contributed by atoms with Gasteiger partial charge in [0.1, 0.15) is 0 Å². The molecule has 0 amide bonds. The first kappa shape index (κ1) is 21.2. The number of hydrogen-bond donors (Lipinski definition) is 1. The zero-order chi connectivity index (χ0) is 20.3. The predicted molar refractivity (Wildman–Crippen MR) is 116 cm³/mol. The molecular formula is C26H46O2. The van der Waals surface area contributed by atoms with Crippen LogP contribution < -0.4 is 0 Å². The van der Waals surface area contributed by atoms with Crippen LogP contribution >= 0.6 is 0 Å². The van der Waals surface area contributed by atoms with Crippen LogP contribution in [0.4, 0.5) is 0 Å². The fourth-order valence-electron chi connectivity index (χ4n) is 8.27. The molecule has 0 aromatic heterocycles. The van der Waals surface area contributed by atoms with Gasteiger partial charge in [-0.3, -0.25) is 0 Å². The van der Waals surface area contributed by atoms with E-state index >= 15 is 0 Å². The Morgan fingerprint density at radius 3 is 2.29 bits per heavy atom. The van der Waals surface area contributed by atoms with E-state index in [1.807, 2.05) is 0 Å². The van der Waals surface area contributed by atoms with Crippen LogP contribution in [-0.4, -0.2) is 23.9 Å². The van der Waals surface area contributed by atoms with Crippen molar-refractivity contribution in [2.75, 3.05) is 6.61 Å². The van der Waals surface area contributed by atoms with E-state index in [2.05, 4.69) is 41.5 Å². The molecule has 4 aliphatic rings. The summed E-state index contributed by atoms with van der Waals surface area (Å²) < 4.78 is 6.39. The van der Waals surface area contributed by atoms with Crippen molar-refractivity contribution >= 4 is 0 Å². The van der Waals surface area contributed by atoms with Crippen LogP contribution in [0.5, 0.6) is 0 Å². The van der Waals surface area contributed by atoms with Crippen molar-refractivity contribution in [3.63, 3.8) is 0 Å². The fourth-order valence-corrected chi connectivity index (χ4v) is 8.27. The van der Waals surface area contributed by atoms with Crippen LogP contribution in [0.2, 0.25) is 0 Å². The summed E-state index contributed by atoms with van der Waals surface area (Å²) in [7, 11) is 0.